The molecule has 0 radical (unpaired) electrons. The van der Waals surface area contributed by atoms with Gasteiger partial charge in [0, 0.05) is 12.5 Å². The molecule has 1 rings (SSSR count). The average Bonchev–Trinajstić information content (AvgIpc) is 2.56. The van der Waals surface area contributed by atoms with Crippen molar-refractivity contribution in [3.63, 3.8) is 0 Å². The van der Waals surface area contributed by atoms with E-state index in [2.05, 4.69) is 10.4 Å². The number of nitrogens with zero attached hydrogens (tertiary/aromatic N) is 2. The van der Waals surface area contributed by atoms with Gasteiger partial charge in [-0.25, -0.2) is 0 Å². The standard InChI is InChI=1S/C11H17N3O3/c1-11(2,3)8-5-7(14(4)13-8)10(17)12-6-9(15)16/h5H,6H2,1-4H3,(H,12,17)(H,15,16). The molecule has 0 aliphatic heterocycles. The Morgan fingerprint density at radius 2 is 2.06 bits per heavy atom. The average molecular weight is 239 g/mol. The summed E-state index contributed by atoms with van der Waals surface area (Å²) in [5.41, 5.74) is 1.000. The van der Waals surface area contributed by atoms with Gasteiger partial charge >= 0.3 is 5.97 Å². The minimum atomic E-state index is -1.07. The third-order valence-corrected chi connectivity index (χ3v) is 2.28. The van der Waals surface area contributed by atoms with Gasteiger partial charge in [0.15, 0.2) is 0 Å². The zero-order valence-electron chi connectivity index (χ0n) is 10.4. The fraction of sp³-hybridized carbons (Fsp3) is 0.545. The van der Waals surface area contributed by atoms with Crippen LogP contribution in [0.15, 0.2) is 6.07 Å². The summed E-state index contributed by atoms with van der Waals surface area (Å²) in [6, 6.07) is 1.68. The Morgan fingerprint density at radius 1 is 1.47 bits per heavy atom. The molecule has 17 heavy (non-hydrogen) atoms. The van der Waals surface area contributed by atoms with Crippen molar-refractivity contribution < 1.29 is 14.7 Å². The van der Waals surface area contributed by atoms with E-state index in [9.17, 15) is 9.59 Å². The van der Waals surface area contributed by atoms with Gasteiger partial charge in [-0.2, -0.15) is 5.10 Å². The Labute approximate surface area is 99.6 Å². The van der Waals surface area contributed by atoms with Crippen LogP contribution in [0.3, 0.4) is 0 Å². The van der Waals surface area contributed by atoms with Crippen molar-refractivity contribution in [1.29, 1.82) is 0 Å². The molecule has 1 amide bonds. The monoisotopic (exact) mass is 239 g/mol. The smallest absolute Gasteiger partial charge is 0.322 e. The number of nitrogens with one attached hydrogen (secondary N) is 1. The molecule has 6 nitrogen and oxygen atoms in total. The molecular weight excluding hydrogens is 222 g/mol. The van der Waals surface area contributed by atoms with E-state index in [1.165, 1.54) is 4.68 Å². The van der Waals surface area contributed by atoms with Gasteiger partial charge in [-0.1, -0.05) is 20.8 Å². The second-order valence-corrected chi connectivity index (χ2v) is 4.86. The predicted molar refractivity (Wildman–Crippen MR) is 61.9 cm³/mol. The Kier molecular flexibility index (Phi) is 3.55. The van der Waals surface area contributed by atoms with Crippen LogP contribution in [0.1, 0.15) is 37.0 Å². The molecule has 0 spiro atoms. The van der Waals surface area contributed by atoms with Gasteiger partial charge in [0.05, 0.1) is 5.69 Å². The highest BCUT2D eigenvalue weighted by molar-refractivity contribution is 5.94. The Morgan fingerprint density at radius 3 is 2.47 bits per heavy atom. The molecular formula is C11H17N3O3. The first kappa shape index (κ1) is 13.2. The summed E-state index contributed by atoms with van der Waals surface area (Å²) >= 11 is 0. The van der Waals surface area contributed by atoms with E-state index in [4.69, 9.17) is 5.11 Å². The molecule has 0 atom stereocenters. The lowest BCUT2D eigenvalue weighted by atomic mass is 9.92. The van der Waals surface area contributed by atoms with Gasteiger partial charge < -0.3 is 10.4 Å². The van der Waals surface area contributed by atoms with Crippen molar-refractivity contribution >= 4 is 11.9 Å². The van der Waals surface area contributed by atoms with Crippen LogP contribution in [0.5, 0.6) is 0 Å². The van der Waals surface area contributed by atoms with Crippen LogP contribution in [0.4, 0.5) is 0 Å². The van der Waals surface area contributed by atoms with E-state index in [0.717, 1.165) is 5.69 Å². The van der Waals surface area contributed by atoms with Gasteiger partial charge in [0.2, 0.25) is 0 Å². The van der Waals surface area contributed by atoms with Crippen molar-refractivity contribution in [2.45, 2.75) is 26.2 Å². The van der Waals surface area contributed by atoms with Gasteiger partial charge in [0.1, 0.15) is 12.2 Å². The van der Waals surface area contributed by atoms with E-state index < -0.39 is 18.4 Å². The van der Waals surface area contributed by atoms with Crippen LogP contribution < -0.4 is 5.32 Å². The van der Waals surface area contributed by atoms with E-state index in [1.807, 2.05) is 20.8 Å². The number of aromatic nitrogens is 2. The summed E-state index contributed by atoms with van der Waals surface area (Å²) < 4.78 is 1.46. The molecule has 6 heteroatoms. The fourth-order valence-electron chi connectivity index (χ4n) is 1.29. The maximum atomic E-state index is 11.7. The Bertz CT molecular complexity index is 443. The molecule has 0 aliphatic carbocycles. The highest BCUT2D eigenvalue weighted by atomic mass is 16.4. The molecule has 0 bridgehead atoms. The van der Waals surface area contributed by atoms with Gasteiger partial charge in [-0.05, 0) is 6.07 Å². The molecule has 0 aromatic carbocycles. The van der Waals surface area contributed by atoms with Gasteiger partial charge in [0.25, 0.3) is 5.91 Å². The van der Waals surface area contributed by atoms with Crippen LogP contribution >= 0.6 is 0 Å². The van der Waals surface area contributed by atoms with E-state index >= 15 is 0 Å². The Hall–Kier alpha value is -1.85. The SMILES string of the molecule is Cn1nc(C(C)(C)C)cc1C(=O)NCC(=O)O. The Balaban J connectivity index is 2.88. The summed E-state index contributed by atoms with van der Waals surface area (Å²) in [6.07, 6.45) is 0. The number of aliphatic carboxylic acids is 1. The minimum absolute atomic E-state index is 0.150. The maximum Gasteiger partial charge on any atom is 0.322 e. The number of amides is 1. The molecule has 1 heterocycles. The number of carbonyl (C=O) groups is 2. The first-order chi connectivity index (χ1) is 7.71. The second kappa shape index (κ2) is 4.57. The lowest BCUT2D eigenvalue weighted by Gasteiger charge is -2.13. The predicted octanol–water partition coefficient (Wildman–Crippen LogP) is 0.532. The van der Waals surface area contributed by atoms with Crippen LogP contribution in [0, 0.1) is 0 Å². The van der Waals surface area contributed by atoms with Crippen molar-refractivity contribution in [2.75, 3.05) is 6.54 Å². The molecule has 0 unspecified atom stereocenters. The highest BCUT2D eigenvalue weighted by Crippen LogP contribution is 2.21. The minimum Gasteiger partial charge on any atom is -0.480 e. The van der Waals surface area contributed by atoms with Crippen LogP contribution in [-0.4, -0.2) is 33.3 Å². The zero-order valence-corrected chi connectivity index (χ0v) is 10.4. The largest absolute Gasteiger partial charge is 0.480 e. The summed E-state index contributed by atoms with van der Waals surface area (Å²) in [5.74, 6) is -1.51. The van der Waals surface area contributed by atoms with Crippen molar-refractivity contribution in [3.05, 3.63) is 17.5 Å². The third kappa shape index (κ3) is 3.30. The van der Waals surface area contributed by atoms with Crippen molar-refractivity contribution in [2.24, 2.45) is 7.05 Å². The van der Waals surface area contributed by atoms with E-state index in [1.54, 1.807) is 13.1 Å². The van der Waals surface area contributed by atoms with E-state index in [0.29, 0.717) is 5.69 Å². The number of aryl methyl sites for hydroxylation is 1. The van der Waals surface area contributed by atoms with Crippen LogP contribution in [0.25, 0.3) is 0 Å². The maximum absolute atomic E-state index is 11.7. The molecule has 94 valence electrons. The lowest BCUT2D eigenvalue weighted by Crippen LogP contribution is -2.30. The van der Waals surface area contributed by atoms with Crippen molar-refractivity contribution in [1.82, 2.24) is 15.1 Å². The third-order valence-electron chi connectivity index (χ3n) is 2.28. The molecule has 0 saturated carbocycles. The first-order valence-electron chi connectivity index (χ1n) is 5.26. The molecule has 0 saturated heterocycles. The quantitative estimate of drug-likeness (QED) is 0.806. The number of carbonyl (C=O) groups excluding carboxylic acids is 1. The second-order valence-electron chi connectivity index (χ2n) is 4.86. The van der Waals surface area contributed by atoms with Crippen LogP contribution in [0.2, 0.25) is 0 Å². The highest BCUT2D eigenvalue weighted by Gasteiger charge is 2.21. The summed E-state index contributed by atoms with van der Waals surface area (Å²) in [7, 11) is 1.66. The number of carboxylic acids is 1. The van der Waals surface area contributed by atoms with Gasteiger partial charge in [-0.15, -0.1) is 0 Å². The number of carboxylic acid groups (broad SMARTS) is 1. The fourth-order valence-corrected chi connectivity index (χ4v) is 1.29. The van der Waals surface area contributed by atoms with Crippen molar-refractivity contribution in [3.8, 4) is 0 Å². The molecule has 0 fully saturated rings. The molecule has 2 N–H and O–H groups in total. The molecule has 1 aromatic rings. The number of hydrogen-bond acceptors (Lipinski definition) is 3. The molecule has 0 aliphatic rings. The zero-order chi connectivity index (χ0) is 13.2. The summed E-state index contributed by atoms with van der Waals surface area (Å²) in [5, 5.41) is 15.0. The summed E-state index contributed by atoms with van der Waals surface area (Å²) in [4.78, 5) is 22.0. The molecule has 1 aromatic heterocycles. The lowest BCUT2D eigenvalue weighted by molar-refractivity contribution is -0.135. The normalized spacial score (nSPS) is 11.3. The topological polar surface area (TPSA) is 84.2 Å². The van der Waals surface area contributed by atoms with Gasteiger partial charge in [-0.3, -0.25) is 14.3 Å². The van der Waals surface area contributed by atoms with E-state index in [-0.39, 0.29) is 5.41 Å². The number of hydrogen-bond donors (Lipinski definition) is 2. The van der Waals surface area contributed by atoms with Crippen LogP contribution in [-0.2, 0) is 17.3 Å². The first-order valence-corrected chi connectivity index (χ1v) is 5.26. The number of rotatable bonds is 3. The summed E-state index contributed by atoms with van der Waals surface area (Å²) in [6.45, 7) is 5.59.